The summed E-state index contributed by atoms with van der Waals surface area (Å²) in [5.41, 5.74) is 13.8. The van der Waals surface area contributed by atoms with E-state index >= 15 is 0 Å². The maximum absolute atomic E-state index is 14.0. The third-order valence-corrected chi connectivity index (χ3v) is 9.60. The van der Waals surface area contributed by atoms with Crippen LogP contribution in [0.25, 0.3) is 22.1 Å². The van der Waals surface area contributed by atoms with Crippen LogP contribution < -0.4 is 31.6 Å². The maximum atomic E-state index is 14.0. The summed E-state index contributed by atoms with van der Waals surface area (Å²) in [6.07, 6.45) is 7.23. The molecular formula is C43H47N11O9. The normalized spacial score (nSPS) is 13.8. The minimum atomic E-state index is -0.712. The third-order valence-electron chi connectivity index (χ3n) is 9.60. The van der Waals surface area contributed by atoms with Crippen molar-refractivity contribution in [3.8, 4) is 11.5 Å². The Morgan fingerprint density at radius 3 is 1.89 bits per heavy atom. The molecule has 20 heteroatoms. The van der Waals surface area contributed by atoms with Crippen LogP contribution in [0.4, 0.5) is 11.9 Å². The number of carbonyl (C=O) groups is 5. The fourth-order valence-corrected chi connectivity index (χ4v) is 6.96. The SMILES string of the molecule is CCc1nc(C)oc1C(=O)Nc1nc2cc(C(N)=O)cc3c2n1C/C=C/Cn1c(NC(=O)c2cc(C)nn2C/C=C/C(=O)OC(C)(C)C)nc2cc(C(N)=O)cc(c21)OCCCO3. The Morgan fingerprint density at radius 1 is 0.810 bits per heavy atom. The van der Waals surface area contributed by atoms with Crippen molar-refractivity contribution in [3.63, 3.8) is 0 Å². The number of imidazole rings is 2. The zero-order valence-corrected chi connectivity index (χ0v) is 35.6. The Hall–Kier alpha value is -7.77. The van der Waals surface area contributed by atoms with Gasteiger partial charge in [-0.05, 0) is 64.4 Å². The number of aromatic nitrogens is 7. The highest BCUT2D eigenvalue weighted by Gasteiger charge is 2.25. The van der Waals surface area contributed by atoms with Gasteiger partial charge in [-0.15, -0.1) is 0 Å². The summed E-state index contributed by atoms with van der Waals surface area (Å²) in [4.78, 5) is 78.6. The van der Waals surface area contributed by atoms with E-state index in [1.807, 2.05) is 19.1 Å². The average Bonchev–Trinajstić information content (AvgIpc) is 3.97. The Morgan fingerprint density at radius 2 is 1.37 bits per heavy atom. The van der Waals surface area contributed by atoms with Crippen molar-refractivity contribution in [2.75, 3.05) is 23.8 Å². The van der Waals surface area contributed by atoms with E-state index in [1.165, 1.54) is 35.0 Å². The molecule has 6 N–H and O–H groups in total. The zero-order chi connectivity index (χ0) is 45.2. The van der Waals surface area contributed by atoms with E-state index in [-0.39, 0.29) is 78.8 Å². The highest BCUT2D eigenvalue weighted by atomic mass is 16.6. The molecular weight excluding hydrogens is 815 g/mol. The average molecular weight is 862 g/mol. The van der Waals surface area contributed by atoms with Crippen LogP contribution in [0.5, 0.6) is 11.5 Å². The quantitative estimate of drug-likeness (QED) is 0.0823. The second kappa shape index (κ2) is 17.7. The van der Waals surface area contributed by atoms with Gasteiger partial charge in [0.25, 0.3) is 11.8 Å². The Bertz CT molecular complexity index is 2850. The van der Waals surface area contributed by atoms with Crippen LogP contribution in [-0.4, -0.2) is 82.3 Å². The Kier molecular flexibility index (Phi) is 12.2. The highest BCUT2D eigenvalue weighted by Crippen LogP contribution is 2.34. The lowest BCUT2D eigenvalue weighted by atomic mass is 10.1. The van der Waals surface area contributed by atoms with Gasteiger partial charge in [0.1, 0.15) is 33.8 Å². The molecule has 4 aromatic heterocycles. The van der Waals surface area contributed by atoms with Gasteiger partial charge in [-0.2, -0.15) is 5.10 Å². The highest BCUT2D eigenvalue weighted by molar-refractivity contribution is 6.05. The van der Waals surface area contributed by atoms with Gasteiger partial charge in [-0.1, -0.05) is 25.2 Å². The zero-order valence-electron chi connectivity index (χ0n) is 35.6. The lowest BCUT2D eigenvalue weighted by Crippen LogP contribution is -2.22. The number of anilines is 2. The van der Waals surface area contributed by atoms with E-state index < -0.39 is 35.2 Å². The maximum Gasteiger partial charge on any atom is 0.331 e. The number of amides is 4. The molecule has 2 aromatic carbocycles. The number of hydrogen-bond donors (Lipinski definition) is 4. The number of aryl methyl sites for hydroxylation is 3. The van der Waals surface area contributed by atoms with Crippen molar-refractivity contribution in [2.24, 2.45) is 11.5 Å². The monoisotopic (exact) mass is 861 g/mol. The molecule has 4 amide bonds. The summed E-state index contributed by atoms with van der Waals surface area (Å²) in [5, 5.41) is 10.2. The fraction of sp³-hybridized carbons (Fsp3) is 0.326. The number of hydrogen-bond acceptors (Lipinski definition) is 13. The number of benzene rings is 2. The number of ether oxygens (including phenoxy) is 3. The van der Waals surface area contributed by atoms with Crippen LogP contribution >= 0.6 is 0 Å². The first-order valence-corrected chi connectivity index (χ1v) is 20.1. The summed E-state index contributed by atoms with van der Waals surface area (Å²) in [7, 11) is 0. The van der Waals surface area contributed by atoms with Gasteiger partial charge in [0.05, 0.1) is 42.2 Å². The number of nitrogens with two attached hydrogens (primary N) is 2. The first kappa shape index (κ1) is 43.3. The van der Waals surface area contributed by atoms with Crippen molar-refractivity contribution in [3.05, 3.63) is 94.5 Å². The number of primary amides is 2. The minimum absolute atomic E-state index is 0.0455. The van der Waals surface area contributed by atoms with E-state index in [0.717, 1.165) is 0 Å². The molecule has 0 spiro atoms. The first-order chi connectivity index (χ1) is 30.0. The summed E-state index contributed by atoms with van der Waals surface area (Å²) >= 11 is 0. The molecule has 6 aromatic rings. The van der Waals surface area contributed by atoms with Gasteiger partial charge in [0, 0.05) is 43.6 Å². The van der Waals surface area contributed by atoms with Gasteiger partial charge in [0.15, 0.2) is 5.89 Å². The minimum Gasteiger partial charge on any atom is -0.491 e. The van der Waals surface area contributed by atoms with Crippen molar-refractivity contribution >= 4 is 63.6 Å². The molecule has 63 heavy (non-hydrogen) atoms. The molecule has 20 nitrogen and oxygen atoms in total. The fourth-order valence-electron chi connectivity index (χ4n) is 6.96. The van der Waals surface area contributed by atoms with Gasteiger partial charge in [-0.25, -0.2) is 19.7 Å². The van der Waals surface area contributed by atoms with Gasteiger partial charge < -0.3 is 39.2 Å². The number of nitrogens with zero attached hydrogens (tertiary/aromatic N) is 7. The van der Waals surface area contributed by atoms with Crippen molar-refractivity contribution < 1.29 is 42.6 Å². The Balaban J connectivity index is 1.26. The molecule has 1 aliphatic heterocycles. The van der Waals surface area contributed by atoms with Gasteiger partial charge in [-0.3, -0.25) is 34.5 Å². The van der Waals surface area contributed by atoms with Crippen LogP contribution in [-0.2, 0) is 35.6 Å². The number of esters is 1. The van der Waals surface area contributed by atoms with Crippen molar-refractivity contribution in [1.82, 2.24) is 33.9 Å². The summed E-state index contributed by atoms with van der Waals surface area (Å²) in [5.74, 6) is -1.88. The lowest BCUT2D eigenvalue weighted by Gasteiger charge is -2.17. The summed E-state index contributed by atoms with van der Waals surface area (Å²) in [6.45, 7) is 11.1. The molecule has 1 aliphatic rings. The second-order valence-electron chi connectivity index (χ2n) is 15.6. The van der Waals surface area contributed by atoms with Crippen LogP contribution in [0.15, 0.2) is 59.1 Å². The standard InChI is InChI=1S/C43H47N11O9/c1-7-27-36(62-24(3)46-27)40(59)50-42-48-29-20-26(38(45)57)22-32-35(29)53(42)14-9-8-13-52-34-28(19-25(37(44)56)21-31(34)60-16-11-17-61-32)47-41(52)49-39(58)30-18-23(2)51-54(30)15-10-12-33(55)63-43(4,5)6/h8-10,12,18-22H,7,11,13-17H2,1-6H3,(H2,44,56)(H2,45,57)(H,47,49,58)(H,48,50,59)/b9-8+,12-10+. The van der Waals surface area contributed by atoms with Crippen molar-refractivity contribution in [1.29, 1.82) is 0 Å². The molecule has 0 fully saturated rings. The molecule has 7 rings (SSSR count). The van der Waals surface area contributed by atoms with E-state index in [0.29, 0.717) is 52.2 Å². The predicted molar refractivity (Wildman–Crippen MR) is 230 cm³/mol. The second-order valence-corrected chi connectivity index (χ2v) is 15.6. The van der Waals surface area contributed by atoms with Gasteiger partial charge >= 0.3 is 5.97 Å². The third kappa shape index (κ3) is 9.59. The number of nitrogens with one attached hydrogen (secondary N) is 2. The van der Waals surface area contributed by atoms with Crippen molar-refractivity contribution in [2.45, 2.75) is 79.6 Å². The molecule has 0 saturated heterocycles. The summed E-state index contributed by atoms with van der Waals surface area (Å²) < 4.78 is 28.4. The lowest BCUT2D eigenvalue weighted by molar-refractivity contribution is -0.148. The Labute approximate surface area is 360 Å². The number of oxazole rings is 1. The van der Waals surface area contributed by atoms with E-state index in [1.54, 1.807) is 55.9 Å². The molecule has 0 saturated carbocycles. The molecule has 0 unspecified atom stereocenters. The van der Waals surface area contributed by atoms with Crippen LogP contribution in [0.2, 0.25) is 0 Å². The molecule has 0 aliphatic carbocycles. The molecule has 328 valence electrons. The van der Waals surface area contributed by atoms with Crippen LogP contribution in [0, 0.1) is 13.8 Å². The smallest absolute Gasteiger partial charge is 0.331 e. The molecule has 0 atom stereocenters. The predicted octanol–water partition coefficient (Wildman–Crippen LogP) is 4.77. The first-order valence-electron chi connectivity index (χ1n) is 20.1. The molecule has 0 bridgehead atoms. The molecule has 0 radical (unpaired) electrons. The summed E-state index contributed by atoms with van der Waals surface area (Å²) in [6, 6.07) is 7.66. The number of allylic oxidation sites excluding steroid dienone is 3. The van der Waals surface area contributed by atoms with E-state index in [9.17, 15) is 24.0 Å². The number of carbonyl (C=O) groups excluding carboxylic acids is 5. The largest absolute Gasteiger partial charge is 0.491 e. The van der Waals surface area contributed by atoms with Gasteiger partial charge in [0.2, 0.25) is 29.5 Å². The van der Waals surface area contributed by atoms with E-state index in [4.69, 9.17) is 35.1 Å². The van der Waals surface area contributed by atoms with Crippen LogP contribution in [0.3, 0.4) is 0 Å². The van der Waals surface area contributed by atoms with E-state index in [2.05, 4.69) is 25.7 Å². The topological polar surface area (TPSA) is 269 Å². The van der Waals surface area contributed by atoms with Crippen LogP contribution in [0.1, 0.15) is 93.2 Å². The molecule has 5 heterocycles. The number of rotatable bonds is 10.